The Hall–Kier alpha value is -3.38. The number of esters is 1. The lowest BCUT2D eigenvalue weighted by molar-refractivity contribution is -0.384. The van der Waals surface area contributed by atoms with E-state index in [-0.39, 0.29) is 17.9 Å². The van der Waals surface area contributed by atoms with E-state index in [0.29, 0.717) is 33.0 Å². The van der Waals surface area contributed by atoms with Crippen LogP contribution in [0.3, 0.4) is 0 Å². The molecule has 0 aromatic heterocycles. The van der Waals surface area contributed by atoms with Crippen LogP contribution in [-0.2, 0) is 4.74 Å². The zero-order valence-corrected chi connectivity index (χ0v) is 16.6. The number of ether oxygens (including phenoxy) is 2. The van der Waals surface area contributed by atoms with E-state index < -0.39 is 10.9 Å². The first-order valence-electron chi connectivity index (χ1n) is 8.84. The number of methoxy groups -OCH3 is 1. The quantitative estimate of drug-likeness (QED) is 0.292. The fourth-order valence-electron chi connectivity index (χ4n) is 2.99. The average molecular weight is 412 g/mol. The lowest BCUT2D eigenvalue weighted by Gasteiger charge is -2.13. The van der Waals surface area contributed by atoms with Crippen LogP contribution < -0.4 is 4.74 Å². The molecule has 0 aliphatic carbocycles. The largest absolute Gasteiger partial charge is 0.497 e. The summed E-state index contributed by atoms with van der Waals surface area (Å²) < 4.78 is 10.3. The predicted molar refractivity (Wildman–Crippen MR) is 111 cm³/mol. The number of nitro groups is 1. The maximum absolute atomic E-state index is 12.6. The highest BCUT2D eigenvalue weighted by Crippen LogP contribution is 2.38. The Morgan fingerprint density at radius 2 is 1.59 bits per heavy atom. The second-order valence-corrected chi connectivity index (χ2v) is 6.56. The third-order valence-electron chi connectivity index (χ3n) is 4.38. The van der Waals surface area contributed by atoms with Crippen molar-refractivity contribution < 1.29 is 19.2 Å². The van der Waals surface area contributed by atoms with Gasteiger partial charge < -0.3 is 9.47 Å². The van der Waals surface area contributed by atoms with E-state index in [1.54, 1.807) is 55.5 Å². The number of rotatable bonds is 6. The fraction of sp³-hybridized carbons (Fsp3) is 0.136. The van der Waals surface area contributed by atoms with Crippen molar-refractivity contribution in [2.24, 2.45) is 0 Å². The molecule has 0 fully saturated rings. The van der Waals surface area contributed by atoms with Gasteiger partial charge in [-0.2, -0.15) is 0 Å². The van der Waals surface area contributed by atoms with E-state index in [0.717, 1.165) is 0 Å². The number of hydrogen-bond acceptors (Lipinski definition) is 5. The summed E-state index contributed by atoms with van der Waals surface area (Å²) in [6.45, 7) is 1.89. The van der Waals surface area contributed by atoms with Crippen LogP contribution in [-0.4, -0.2) is 24.6 Å². The van der Waals surface area contributed by atoms with Crippen molar-refractivity contribution in [1.29, 1.82) is 0 Å². The second-order valence-electron chi connectivity index (χ2n) is 6.13. The van der Waals surface area contributed by atoms with Crippen molar-refractivity contribution in [3.8, 4) is 28.0 Å². The zero-order chi connectivity index (χ0) is 21.0. The van der Waals surface area contributed by atoms with Gasteiger partial charge in [-0.15, -0.1) is 0 Å². The molecule has 3 rings (SSSR count). The molecule has 0 aliphatic heterocycles. The molecule has 7 heteroatoms. The molecular formula is C22H18ClNO5. The van der Waals surface area contributed by atoms with Crippen LogP contribution in [0.1, 0.15) is 17.3 Å². The molecule has 0 aliphatic rings. The summed E-state index contributed by atoms with van der Waals surface area (Å²) in [7, 11) is 1.54. The summed E-state index contributed by atoms with van der Waals surface area (Å²) in [5, 5.41) is 12.3. The molecule has 0 N–H and O–H groups in total. The third kappa shape index (κ3) is 4.38. The third-order valence-corrected chi connectivity index (χ3v) is 4.64. The Balaban J connectivity index is 2.25. The molecule has 0 saturated carbocycles. The van der Waals surface area contributed by atoms with Crippen molar-refractivity contribution in [1.82, 2.24) is 0 Å². The van der Waals surface area contributed by atoms with Gasteiger partial charge in [-0.05, 0) is 48.4 Å². The van der Waals surface area contributed by atoms with Crippen molar-refractivity contribution in [2.45, 2.75) is 6.92 Å². The molecule has 0 spiro atoms. The van der Waals surface area contributed by atoms with E-state index in [1.807, 2.05) is 0 Å². The fourth-order valence-corrected chi connectivity index (χ4v) is 3.11. The summed E-state index contributed by atoms with van der Waals surface area (Å²) in [6, 6.07) is 16.5. The van der Waals surface area contributed by atoms with Gasteiger partial charge in [0.2, 0.25) is 0 Å². The van der Waals surface area contributed by atoms with E-state index >= 15 is 0 Å². The Bertz CT molecular complexity index is 1050. The maximum atomic E-state index is 12.6. The minimum absolute atomic E-state index is 0.117. The van der Waals surface area contributed by atoms with Gasteiger partial charge in [0.25, 0.3) is 5.69 Å². The number of benzene rings is 3. The Kier molecular flexibility index (Phi) is 6.14. The van der Waals surface area contributed by atoms with Gasteiger partial charge in [-0.1, -0.05) is 35.9 Å². The normalized spacial score (nSPS) is 10.4. The van der Waals surface area contributed by atoms with Crippen molar-refractivity contribution in [3.05, 3.63) is 81.4 Å². The van der Waals surface area contributed by atoms with Gasteiger partial charge in [0.1, 0.15) is 5.75 Å². The van der Waals surface area contributed by atoms with Crippen molar-refractivity contribution >= 4 is 23.3 Å². The number of carbonyl (C=O) groups is 1. The summed E-state index contributed by atoms with van der Waals surface area (Å²) in [4.78, 5) is 24.0. The number of nitrogens with zero attached hydrogens (tertiary/aromatic N) is 1. The first-order chi connectivity index (χ1) is 13.9. The topological polar surface area (TPSA) is 78.7 Å². The van der Waals surface area contributed by atoms with E-state index in [2.05, 4.69) is 0 Å². The molecule has 0 radical (unpaired) electrons. The lowest BCUT2D eigenvalue weighted by Crippen LogP contribution is -2.08. The lowest BCUT2D eigenvalue weighted by atomic mass is 9.93. The van der Waals surface area contributed by atoms with Crippen LogP contribution in [0.5, 0.6) is 5.75 Å². The van der Waals surface area contributed by atoms with Crippen molar-refractivity contribution in [3.63, 3.8) is 0 Å². The van der Waals surface area contributed by atoms with Gasteiger partial charge in [-0.3, -0.25) is 10.1 Å². The van der Waals surface area contributed by atoms with Crippen LogP contribution >= 0.6 is 11.6 Å². The first kappa shape index (κ1) is 20.4. The monoisotopic (exact) mass is 411 g/mol. The highest BCUT2D eigenvalue weighted by molar-refractivity contribution is 6.30. The van der Waals surface area contributed by atoms with E-state index in [1.165, 1.54) is 19.2 Å². The standard InChI is InChI=1S/C22H18ClNO5/c1-3-29-22(25)20-12-19(15-6-10-17(28-2)11-7-15)21(24(26)27)13-18(20)14-4-8-16(23)9-5-14/h4-13H,3H2,1-2H3. The van der Waals surface area contributed by atoms with Gasteiger partial charge in [0, 0.05) is 16.7 Å². The molecule has 3 aromatic rings. The minimum atomic E-state index is -0.554. The highest BCUT2D eigenvalue weighted by atomic mass is 35.5. The molecule has 29 heavy (non-hydrogen) atoms. The second kappa shape index (κ2) is 8.75. The maximum Gasteiger partial charge on any atom is 0.338 e. The predicted octanol–water partition coefficient (Wildman–Crippen LogP) is 5.77. The molecular weight excluding hydrogens is 394 g/mol. The van der Waals surface area contributed by atoms with Crippen LogP contribution in [0, 0.1) is 10.1 Å². The molecule has 3 aromatic carbocycles. The van der Waals surface area contributed by atoms with Gasteiger partial charge >= 0.3 is 5.97 Å². The van der Waals surface area contributed by atoms with Gasteiger partial charge in [-0.25, -0.2) is 4.79 Å². The summed E-state index contributed by atoms with van der Waals surface area (Å²) in [5.41, 5.74) is 2.06. The minimum Gasteiger partial charge on any atom is -0.497 e. The highest BCUT2D eigenvalue weighted by Gasteiger charge is 2.24. The smallest absolute Gasteiger partial charge is 0.338 e. The zero-order valence-electron chi connectivity index (χ0n) is 15.8. The molecule has 0 bridgehead atoms. The molecule has 0 amide bonds. The number of nitro benzene ring substituents is 1. The van der Waals surface area contributed by atoms with Gasteiger partial charge in [0.15, 0.2) is 0 Å². The van der Waals surface area contributed by atoms with Crippen LogP contribution in [0.4, 0.5) is 5.69 Å². The number of carbonyl (C=O) groups excluding carboxylic acids is 1. The molecule has 6 nitrogen and oxygen atoms in total. The summed E-state index contributed by atoms with van der Waals surface area (Å²) in [6.07, 6.45) is 0. The van der Waals surface area contributed by atoms with Gasteiger partial charge in [0.05, 0.1) is 29.8 Å². The van der Waals surface area contributed by atoms with Crippen LogP contribution in [0.2, 0.25) is 5.02 Å². The molecule has 0 saturated heterocycles. The molecule has 0 unspecified atom stereocenters. The Morgan fingerprint density at radius 3 is 2.14 bits per heavy atom. The van der Waals surface area contributed by atoms with E-state index in [4.69, 9.17) is 21.1 Å². The molecule has 148 valence electrons. The van der Waals surface area contributed by atoms with Crippen LogP contribution in [0.15, 0.2) is 60.7 Å². The van der Waals surface area contributed by atoms with Crippen LogP contribution in [0.25, 0.3) is 22.3 Å². The van der Waals surface area contributed by atoms with E-state index in [9.17, 15) is 14.9 Å². The van der Waals surface area contributed by atoms with Crippen molar-refractivity contribution in [2.75, 3.05) is 13.7 Å². The SMILES string of the molecule is CCOC(=O)c1cc(-c2ccc(OC)cc2)c([N+](=O)[O-])cc1-c1ccc(Cl)cc1. The average Bonchev–Trinajstić information content (AvgIpc) is 2.73. The summed E-state index contributed by atoms with van der Waals surface area (Å²) >= 11 is 5.95. The Morgan fingerprint density at radius 1 is 1.00 bits per heavy atom. The first-order valence-corrected chi connectivity index (χ1v) is 9.22. The number of halogens is 1. The molecule has 0 heterocycles. The molecule has 0 atom stereocenters. The Labute approximate surface area is 172 Å². The number of hydrogen-bond donors (Lipinski definition) is 0. The summed E-state index contributed by atoms with van der Waals surface area (Å²) in [5.74, 6) is 0.0712.